The fourth-order valence-electron chi connectivity index (χ4n) is 2.27. The molecule has 3 rings (SSSR count). The van der Waals surface area contributed by atoms with Crippen LogP contribution in [0.5, 0.6) is 0 Å². The van der Waals surface area contributed by atoms with Gasteiger partial charge in [-0.25, -0.2) is 5.43 Å². The van der Waals surface area contributed by atoms with E-state index >= 15 is 0 Å². The Hall–Kier alpha value is -1.92. The van der Waals surface area contributed by atoms with Gasteiger partial charge >= 0.3 is 0 Å². The van der Waals surface area contributed by atoms with E-state index in [1.807, 2.05) is 24.3 Å². The van der Waals surface area contributed by atoms with E-state index in [0.717, 1.165) is 10.5 Å². The van der Waals surface area contributed by atoms with E-state index in [1.165, 1.54) is 6.21 Å². The van der Waals surface area contributed by atoms with E-state index in [1.54, 1.807) is 42.1 Å². The molecule has 0 unspecified atom stereocenters. The maximum absolute atomic E-state index is 11.9. The number of rotatable bonds is 7. The standard InChI is InChI=1S/C20H15Cl3N2O2S/c21-13-1-5-16(6-2-13)28-10-9-20(26)25-24-12-15-4-8-19(27-15)17-7-3-14(22)11-18(17)23/h1-8,11-12H,9-10H2,(H,25,26)/b24-12-. The van der Waals surface area contributed by atoms with Gasteiger partial charge in [-0.2, -0.15) is 5.10 Å². The first-order valence-electron chi connectivity index (χ1n) is 8.27. The lowest BCUT2D eigenvalue weighted by Gasteiger charge is -2.01. The first kappa shape index (κ1) is 20.8. The predicted molar refractivity (Wildman–Crippen MR) is 117 cm³/mol. The zero-order chi connectivity index (χ0) is 19.9. The molecule has 0 saturated carbocycles. The summed E-state index contributed by atoms with van der Waals surface area (Å²) in [6, 6.07) is 16.2. The molecule has 1 N–H and O–H groups in total. The van der Waals surface area contributed by atoms with Crippen LogP contribution in [0.4, 0.5) is 0 Å². The number of halogens is 3. The summed E-state index contributed by atoms with van der Waals surface area (Å²) in [6.07, 6.45) is 1.78. The van der Waals surface area contributed by atoms with Gasteiger partial charge in [-0.3, -0.25) is 4.79 Å². The summed E-state index contributed by atoms with van der Waals surface area (Å²) >= 11 is 19.5. The first-order valence-corrected chi connectivity index (χ1v) is 10.4. The van der Waals surface area contributed by atoms with Crippen molar-refractivity contribution < 1.29 is 9.21 Å². The molecule has 1 amide bonds. The van der Waals surface area contributed by atoms with Crippen LogP contribution in [0.25, 0.3) is 11.3 Å². The van der Waals surface area contributed by atoms with Crippen LogP contribution < -0.4 is 5.43 Å². The van der Waals surface area contributed by atoms with E-state index in [2.05, 4.69) is 10.5 Å². The normalized spacial score (nSPS) is 11.1. The quantitative estimate of drug-likeness (QED) is 0.251. The van der Waals surface area contributed by atoms with E-state index in [9.17, 15) is 4.79 Å². The van der Waals surface area contributed by atoms with Crippen molar-refractivity contribution in [3.63, 3.8) is 0 Å². The van der Waals surface area contributed by atoms with Crippen LogP contribution in [0.3, 0.4) is 0 Å². The number of hydrogen-bond acceptors (Lipinski definition) is 4. The van der Waals surface area contributed by atoms with Crippen molar-refractivity contribution >= 4 is 58.7 Å². The van der Waals surface area contributed by atoms with Crippen LogP contribution in [-0.4, -0.2) is 17.9 Å². The SMILES string of the molecule is O=C(CCSc1ccc(Cl)cc1)N/N=C\c1ccc(-c2ccc(Cl)cc2Cl)o1. The van der Waals surface area contributed by atoms with Crippen molar-refractivity contribution in [2.75, 3.05) is 5.75 Å². The molecule has 0 saturated heterocycles. The summed E-state index contributed by atoms with van der Waals surface area (Å²) in [4.78, 5) is 12.9. The van der Waals surface area contributed by atoms with Crippen LogP contribution >= 0.6 is 46.6 Å². The number of nitrogens with zero attached hydrogens (tertiary/aromatic N) is 1. The highest BCUT2D eigenvalue weighted by Crippen LogP contribution is 2.31. The lowest BCUT2D eigenvalue weighted by Crippen LogP contribution is -2.17. The van der Waals surface area contributed by atoms with Crippen LogP contribution in [0.2, 0.25) is 15.1 Å². The highest BCUT2D eigenvalue weighted by molar-refractivity contribution is 7.99. The summed E-state index contributed by atoms with van der Waals surface area (Å²) in [5.74, 6) is 1.55. The lowest BCUT2D eigenvalue weighted by molar-refractivity contribution is -0.120. The molecule has 0 aliphatic carbocycles. The molecule has 4 nitrogen and oxygen atoms in total. The number of hydrazone groups is 1. The fourth-order valence-corrected chi connectivity index (χ4v) is 3.75. The van der Waals surface area contributed by atoms with E-state index in [0.29, 0.717) is 38.8 Å². The molecule has 144 valence electrons. The van der Waals surface area contributed by atoms with Gasteiger partial charge in [0.05, 0.1) is 11.2 Å². The third-order valence-corrected chi connectivity index (χ3v) is 5.43. The lowest BCUT2D eigenvalue weighted by atomic mass is 10.2. The number of amides is 1. The van der Waals surface area contributed by atoms with Crippen LogP contribution in [0.15, 0.2) is 69.0 Å². The van der Waals surface area contributed by atoms with Crippen LogP contribution in [-0.2, 0) is 4.79 Å². The number of carbonyl (C=O) groups excluding carboxylic acids is 1. The number of furan rings is 1. The van der Waals surface area contributed by atoms with Crippen molar-refractivity contribution in [3.05, 3.63) is 75.4 Å². The summed E-state index contributed by atoms with van der Waals surface area (Å²) in [5.41, 5.74) is 3.22. The van der Waals surface area contributed by atoms with E-state index in [-0.39, 0.29) is 5.91 Å². The number of benzene rings is 2. The zero-order valence-corrected chi connectivity index (χ0v) is 17.6. The molecule has 8 heteroatoms. The molecular formula is C20H15Cl3N2O2S. The Morgan fingerprint density at radius 2 is 1.79 bits per heavy atom. The van der Waals surface area contributed by atoms with Crippen LogP contribution in [0, 0.1) is 0 Å². The second-order valence-corrected chi connectivity index (χ2v) is 8.12. The van der Waals surface area contributed by atoms with Gasteiger partial charge in [0.1, 0.15) is 11.5 Å². The van der Waals surface area contributed by atoms with Gasteiger partial charge in [0.2, 0.25) is 5.91 Å². The zero-order valence-electron chi connectivity index (χ0n) is 14.5. The predicted octanol–water partition coefficient (Wildman–Crippen LogP) is 6.54. The third kappa shape index (κ3) is 6.04. The minimum absolute atomic E-state index is 0.176. The molecular weight excluding hydrogens is 439 g/mol. The number of thioether (sulfide) groups is 1. The van der Waals surface area contributed by atoms with Gasteiger partial charge in [0, 0.05) is 32.7 Å². The highest BCUT2D eigenvalue weighted by Gasteiger charge is 2.08. The molecule has 28 heavy (non-hydrogen) atoms. The molecule has 0 aliphatic rings. The highest BCUT2D eigenvalue weighted by atomic mass is 35.5. The second kappa shape index (κ2) is 10.0. The average molecular weight is 454 g/mol. The van der Waals surface area contributed by atoms with Crippen molar-refractivity contribution in [2.24, 2.45) is 5.10 Å². The van der Waals surface area contributed by atoms with Gasteiger partial charge in [0.25, 0.3) is 0 Å². The van der Waals surface area contributed by atoms with E-state index < -0.39 is 0 Å². The second-order valence-electron chi connectivity index (χ2n) is 5.67. The van der Waals surface area contributed by atoms with Crippen molar-refractivity contribution in [2.45, 2.75) is 11.3 Å². The van der Waals surface area contributed by atoms with Crippen molar-refractivity contribution in [1.82, 2.24) is 5.43 Å². The maximum Gasteiger partial charge on any atom is 0.240 e. The molecule has 0 bridgehead atoms. The Morgan fingerprint density at radius 3 is 2.54 bits per heavy atom. The molecule has 3 aromatic rings. The summed E-state index contributed by atoms with van der Waals surface area (Å²) in [7, 11) is 0. The summed E-state index contributed by atoms with van der Waals surface area (Å²) < 4.78 is 5.68. The van der Waals surface area contributed by atoms with Gasteiger partial charge in [-0.15, -0.1) is 11.8 Å². The number of hydrogen-bond donors (Lipinski definition) is 1. The monoisotopic (exact) mass is 452 g/mol. The summed E-state index contributed by atoms with van der Waals surface area (Å²) in [5, 5.41) is 5.67. The molecule has 0 atom stereocenters. The van der Waals surface area contributed by atoms with E-state index in [4.69, 9.17) is 39.2 Å². The number of carbonyl (C=O) groups is 1. The molecule has 0 aliphatic heterocycles. The maximum atomic E-state index is 11.9. The van der Waals surface area contributed by atoms with Crippen LogP contribution in [0.1, 0.15) is 12.2 Å². The molecule has 0 fully saturated rings. The Balaban J connectivity index is 1.47. The summed E-state index contributed by atoms with van der Waals surface area (Å²) in [6.45, 7) is 0. The van der Waals surface area contributed by atoms with Crippen molar-refractivity contribution in [3.8, 4) is 11.3 Å². The Morgan fingerprint density at radius 1 is 1.04 bits per heavy atom. The molecule has 1 aromatic heterocycles. The van der Waals surface area contributed by atoms with Gasteiger partial charge in [-0.05, 0) is 54.6 Å². The largest absolute Gasteiger partial charge is 0.455 e. The smallest absolute Gasteiger partial charge is 0.240 e. The topological polar surface area (TPSA) is 54.6 Å². The Kier molecular flexibility index (Phi) is 7.45. The molecule has 0 radical (unpaired) electrons. The van der Waals surface area contributed by atoms with Gasteiger partial charge < -0.3 is 4.42 Å². The molecule has 0 spiro atoms. The molecule has 1 heterocycles. The number of nitrogens with one attached hydrogen (secondary N) is 1. The average Bonchev–Trinajstić information content (AvgIpc) is 3.12. The Bertz CT molecular complexity index is 987. The molecule has 2 aromatic carbocycles. The third-order valence-electron chi connectivity index (χ3n) is 3.62. The van der Waals surface area contributed by atoms with Crippen molar-refractivity contribution in [1.29, 1.82) is 0 Å². The van der Waals surface area contributed by atoms with Gasteiger partial charge in [0.15, 0.2) is 0 Å². The Labute approximate surface area is 181 Å². The fraction of sp³-hybridized carbons (Fsp3) is 0.100. The first-order chi connectivity index (χ1) is 13.5. The minimum Gasteiger partial charge on any atom is -0.455 e. The van der Waals surface area contributed by atoms with Gasteiger partial charge in [-0.1, -0.05) is 34.8 Å². The minimum atomic E-state index is -0.176.